The van der Waals surface area contributed by atoms with Gasteiger partial charge in [0.2, 0.25) is 0 Å². The van der Waals surface area contributed by atoms with Crippen molar-refractivity contribution in [2.24, 2.45) is 0 Å². The molecule has 7 heteroatoms. The fraction of sp³-hybridized carbons (Fsp3) is 0.462. The van der Waals surface area contributed by atoms with Gasteiger partial charge in [-0.2, -0.15) is 0 Å². The van der Waals surface area contributed by atoms with Gasteiger partial charge in [0.25, 0.3) is 0 Å². The second-order valence-corrected chi connectivity index (χ2v) is 11.8. The minimum Gasteiger partial charge on any atom is -0.360 e. The zero-order valence-corrected chi connectivity index (χ0v) is 13.1. The van der Waals surface area contributed by atoms with Crippen LogP contribution in [0.15, 0.2) is 18.7 Å². The highest BCUT2D eigenvalue weighted by Crippen LogP contribution is 2.20. The number of nitrogens with zero attached hydrogens (tertiary/aromatic N) is 4. The van der Waals surface area contributed by atoms with Crippen molar-refractivity contribution in [3.05, 3.63) is 18.7 Å². The van der Waals surface area contributed by atoms with Crippen LogP contribution >= 0.6 is 0 Å². The predicted molar refractivity (Wildman–Crippen MR) is 81.3 cm³/mol. The van der Waals surface area contributed by atoms with E-state index in [9.17, 15) is 0 Å². The number of fused-ring (bicyclic) bond motifs is 3. The van der Waals surface area contributed by atoms with Crippen LogP contribution in [-0.2, 0) is 11.5 Å². The quantitative estimate of drug-likeness (QED) is 0.579. The van der Waals surface area contributed by atoms with Gasteiger partial charge in [0.05, 0.1) is 11.6 Å². The fourth-order valence-corrected chi connectivity index (χ4v) is 2.82. The molecule has 0 spiro atoms. The molecule has 6 nitrogen and oxygen atoms in total. The topological polar surface area (TPSA) is 68.6 Å². The summed E-state index contributed by atoms with van der Waals surface area (Å²) in [6, 6.07) is 1.16. The van der Waals surface area contributed by atoms with Crippen LogP contribution in [0.5, 0.6) is 0 Å². The number of pyridine rings is 1. The van der Waals surface area contributed by atoms with Crippen molar-refractivity contribution in [1.82, 2.24) is 24.7 Å². The van der Waals surface area contributed by atoms with Gasteiger partial charge in [0, 0.05) is 20.9 Å². The Bertz CT molecular complexity index is 727. The average Bonchev–Trinajstić information content (AvgIpc) is 2.99. The molecule has 3 aromatic heterocycles. The number of aromatic amines is 1. The maximum absolute atomic E-state index is 5.75. The first-order chi connectivity index (χ1) is 9.54. The molecule has 3 heterocycles. The molecular formula is C13H19N5OSi. The summed E-state index contributed by atoms with van der Waals surface area (Å²) in [5, 5.41) is 4.15. The van der Waals surface area contributed by atoms with Crippen molar-refractivity contribution in [2.45, 2.75) is 32.4 Å². The molecule has 1 N–H and O–H groups in total. The van der Waals surface area contributed by atoms with Crippen LogP contribution in [0.1, 0.15) is 0 Å². The van der Waals surface area contributed by atoms with Crippen LogP contribution in [0.4, 0.5) is 0 Å². The summed E-state index contributed by atoms with van der Waals surface area (Å²) in [5.74, 6) is 0. The van der Waals surface area contributed by atoms with Gasteiger partial charge in [-0.15, -0.1) is 0 Å². The summed E-state index contributed by atoms with van der Waals surface area (Å²) in [5.41, 5.74) is 2.56. The second kappa shape index (κ2) is 4.99. The molecule has 0 unspecified atom stereocenters. The molecule has 20 heavy (non-hydrogen) atoms. The van der Waals surface area contributed by atoms with Crippen LogP contribution in [-0.4, -0.2) is 39.4 Å². The Labute approximate surface area is 118 Å². The van der Waals surface area contributed by atoms with E-state index in [0.717, 1.165) is 34.7 Å². The lowest BCUT2D eigenvalue weighted by Gasteiger charge is -2.15. The molecule has 106 valence electrons. The Morgan fingerprint density at radius 2 is 2.10 bits per heavy atom. The average molecular weight is 289 g/mol. The normalized spacial score (nSPS) is 12.6. The largest absolute Gasteiger partial charge is 0.360 e. The van der Waals surface area contributed by atoms with Gasteiger partial charge in [-0.25, -0.2) is 19.6 Å². The molecule has 0 radical (unpaired) electrons. The van der Waals surface area contributed by atoms with Gasteiger partial charge >= 0.3 is 0 Å². The van der Waals surface area contributed by atoms with Crippen LogP contribution in [0.25, 0.3) is 22.1 Å². The zero-order chi connectivity index (χ0) is 14.2. The number of H-pyrrole nitrogens is 1. The van der Waals surface area contributed by atoms with E-state index in [0.29, 0.717) is 6.73 Å². The first-order valence-electron chi connectivity index (χ1n) is 6.76. The minimum absolute atomic E-state index is 0.487. The van der Waals surface area contributed by atoms with E-state index in [-0.39, 0.29) is 0 Å². The highest BCUT2D eigenvalue weighted by Gasteiger charge is 2.13. The van der Waals surface area contributed by atoms with Crippen molar-refractivity contribution in [3.8, 4) is 0 Å². The SMILES string of the molecule is C[Si](C)(C)CCOCn1[nH]cc2c3ncnc3cnc21. The highest BCUT2D eigenvalue weighted by atomic mass is 28.3. The molecule has 0 saturated heterocycles. The standard InChI is InChI=1S/C13H19N5OSi/c1-20(2,3)5-4-19-9-18-13-10(6-17-18)12-11(7-14-13)15-8-16-12/h6-8,17H,4-5,9H2,1-3H3. The Morgan fingerprint density at radius 3 is 2.90 bits per heavy atom. The van der Waals surface area contributed by atoms with Gasteiger partial charge in [-0.05, 0) is 6.04 Å². The molecule has 3 rings (SSSR count). The lowest BCUT2D eigenvalue weighted by molar-refractivity contribution is 0.0813. The van der Waals surface area contributed by atoms with Crippen molar-refractivity contribution in [3.63, 3.8) is 0 Å². The summed E-state index contributed by atoms with van der Waals surface area (Å²) in [6.45, 7) is 8.32. The number of hydrogen-bond acceptors (Lipinski definition) is 4. The first-order valence-corrected chi connectivity index (χ1v) is 10.5. The van der Waals surface area contributed by atoms with Crippen molar-refractivity contribution < 1.29 is 4.74 Å². The van der Waals surface area contributed by atoms with Crippen LogP contribution < -0.4 is 0 Å². The van der Waals surface area contributed by atoms with E-state index in [1.807, 2.05) is 10.9 Å². The Kier molecular flexibility index (Phi) is 3.31. The summed E-state index contributed by atoms with van der Waals surface area (Å²) >= 11 is 0. The fourth-order valence-electron chi connectivity index (χ4n) is 2.06. The Balaban J connectivity index is 1.76. The van der Waals surface area contributed by atoms with E-state index in [2.05, 4.69) is 39.7 Å². The molecule has 0 amide bonds. The molecular weight excluding hydrogens is 270 g/mol. The summed E-state index contributed by atoms with van der Waals surface area (Å²) in [6.07, 6.45) is 5.21. The molecule has 0 bridgehead atoms. The number of ether oxygens (including phenoxy) is 1. The third-order valence-corrected chi connectivity index (χ3v) is 4.97. The van der Waals surface area contributed by atoms with Gasteiger partial charge in [-0.1, -0.05) is 19.6 Å². The molecule has 0 saturated carbocycles. The monoisotopic (exact) mass is 289 g/mol. The number of aromatic nitrogens is 5. The maximum atomic E-state index is 5.75. The lowest BCUT2D eigenvalue weighted by atomic mass is 10.3. The summed E-state index contributed by atoms with van der Waals surface area (Å²) in [7, 11) is -1.04. The van der Waals surface area contributed by atoms with Gasteiger partial charge in [-0.3, -0.25) is 0 Å². The van der Waals surface area contributed by atoms with Crippen molar-refractivity contribution in [2.75, 3.05) is 6.61 Å². The van der Waals surface area contributed by atoms with Gasteiger partial charge in [0.1, 0.15) is 24.1 Å². The van der Waals surface area contributed by atoms with E-state index in [1.54, 1.807) is 12.5 Å². The smallest absolute Gasteiger partial charge is 0.160 e. The van der Waals surface area contributed by atoms with E-state index < -0.39 is 8.07 Å². The molecule has 0 fully saturated rings. The second-order valence-electron chi connectivity index (χ2n) is 6.15. The van der Waals surface area contributed by atoms with E-state index in [1.165, 1.54) is 0 Å². The third-order valence-electron chi connectivity index (χ3n) is 3.27. The number of rotatable bonds is 5. The molecule has 0 atom stereocenters. The van der Waals surface area contributed by atoms with Gasteiger partial charge in [0.15, 0.2) is 5.65 Å². The molecule has 3 aromatic rings. The predicted octanol–water partition coefficient (Wildman–Crippen LogP) is 2.62. The molecule has 0 aliphatic carbocycles. The van der Waals surface area contributed by atoms with Crippen LogP contribution in [0.3, 0.4) is 0 Å². The molecule has 0 aromatic carbocycles. The van der Waals surface area contributed by atoms with Crippen molar-refractivity contribution >= 4 is 30.1 Å². The summed E-state index contributed by atoms with van der Waals surface area (Å²) < 4.78 is 7.64. The van der Waals surface area contributed by atoms with Gasteiger partial charge < -0.3 is 9.84 Å². The third kappa shape index (κ3) is 2.59. The maximum Gasteiger partial charge on any atom is 0.160 e. The van der Waals surface area contributed by atoms with E-state index >= 15 is 0 Å². The van der Waals surface area contributed by atoms with Crippen LogP contribution in [0, 0.1) is 0 Å². The Hall–Kier alpha value is -1.73. The zero-order valence-electron chi connectivity index (χ0n) is 12.1. The number of nitrogens with one attached hydrogen (secondary N) is 1. The number of hydrogen-bond donors (Lipinski definition) is 1. The minimum atomic E-state index is -1.04. The molecule has 0 aliphatic rings. The first kappa shape index (κ1) is 13.3. The highest BCUT2D eigenvalue weighted by molar-refractivity contribution is 6.76. The molecule has 0 aliphatic heterocycles. The van der Waals surface area contributed by atoms with Crippen molar-refractivity contribution in [1.29, 1.82) is 0 Å². The van der Waals surface area contributed by atoms with E-state index in [4.69, 9.17) is 4.74 Å². The Morgan fingerprint density at radius 1 is 1.25 bits per heavy atom. The van der Waals surface area contributed by atoms with Crippen LogP contribution in [0.2, 0.25) is 25.7 Å². The lowest BCUT2D eigenvalue weighted by Crippen LogP contribution is -2.22. The number of imidazole rings is 1. The summed E-state index contributed by atoms with van der Waals surface area (Å²) in [4.78, 5) is 12.9.